The molecule has 1 N–H and O–H groups in total. The fourth-order valence-corrected chi connectivity index (χ4v) is 2.13. The van der Waals surface area contributed by atoms with Crippen LogP contribution in [0.25, 0.3) is 0 Å². The molecule has 5 heteroatoms. The largest absolute Gasteiger partial charge is 0.478 e. The van der Waals surface area contributed by atoms with Gasteiger partial charge in [-0.3, -0.25) is 0 Å². The lowest BCUT2D eigenvalue weighted by atomic mass is 10.1. The monoisotopic (exact) mass is 249 g/mol. The Hall–Kier alpha value is -1.75. The van der Waals surface area contributed by atoms with E-state index >= 15 is 0 Å². The fourth-order valence-electron chi connectivity index (χ4n) is 1.34. The first kappa shape index (κ1) is 11.7. The molecule has 88 valence electrons. The van der Waals surface area contributed by atoms with Gasteiger partial charge in [0, 0.05) is 5.75 Å². The van der Waals surface area contributed by atoms with Crippen LogP contribution < -0.4 is 0 Å². The highest BCUT2D eigenvalue weighted by Crippen LogP contribution is 2.22. The van der Waals surface area contributed by atoms with Crippen LogP contribution in [-0.4, -0.2) is 16.1 Å². The summed E-state index contributed by atoms with van der Waals surface area (Å²) in [4.78, 5) is 15.0. The third kappa shape index (κ3) is 3.10. The number of thioether (sulfide) groups is 1. The molecule has 0 atom stereocenters. The van der Waals surface area contributed by atoms with Gasteiger partial charge in [-0.15, -0.1) is 0 Å². The first-order valence-electron chi connectivity index (χ1n) is 5.02. The van der Waals surface area contributed by atoms with Gasteiger partial charge in [0.15, 0.2) is 0 Å². The van der Waals surface area contributed by atoms with Crippen LogP contribution in [0.4, 0.5) is 0 Å². The van der Waals surface area contributed by atoms with Crippen LogP contribution in [0, 0.1) is 6.92 Å². The summed E-state index contributed by atoms with van der Waals surface area (Å²) in [7, 11) is 0. The number of carboxylic acids is 1. The summed E-state index contributed by atoms with van der Waals surface area (Å²) in [6.07, 6.45) is 1.59. The molecule has 0 aliphatic carbocycles. The Morgan fingerprint density at radius 2 is 2.35 bits per heavy atom. The molecule has 0 bridgehead atoms. The predicted molar refractivity (Wildman–Crippen MR) is 64.2 cm³/mol. The molecule has 0 saturated heterocycles. The number of aryl methyl sites for hydroxylation is 1. The molecular formula is C12H11NO3S. The van der Waals surface area contributed by atoms with Crippen molar-refractivity contribution in [1.82, 2.24) is 4.98 Å². The number of carboxylic acid groups (broad SMARTS) is 1. The van der Waals surface area contributed by atoms with Gasteiger partial charge < -0.3 is 9.52 Å². The highest BCUT2D eigenvalue weighted by atomic mass is 32.2. The average molecular weight is 249 g/mol. The topological polar surface area (TPSA) is 63.3 Å². The van der Waals surface area contributed by atoms with Gasteiger partial charge in [0.2, 0.25) is 0 Å². The quantitative estimate of drug-likeness (QED) is 0.844. The van der Waals surface area contributed by atoms with Crippen molar-refractivity contribution in [3.05, 3.63) is 47.3 Å². The van der Waals surface area contributed by atoms with Gasteiger partial charge >= 0.3 is 5.97 Å². The van der Waals surface area contributed by atoms with E-state index in [4.69, 9.17) is 9.52 Å². The van der Waals surface area contributed by atoms with E-state index in [1.807, 2.05) is 13.0 Å². The molecule has 0 aliphatic rings. The lowest BCUT2D eigenvalue weighted by molar-refractivity contribution is 0.0697. The van der Waals surface area contributed by atoms with Crippen molar-refractivity contribution in [2.24, 2.45) is 0 Å². The molecule has 0 radical (unpaired) electrons. The highest BCUT2D eigenvalue weighted by molar-refractivity contribution is 7.98. The minimum atomic E-state index is -0.913. The minimum absolute atomic E-state index is 0.298. The van der Waals surface area contributed by atoms with Gasteiger partial charge in [-0.1, -0.05) is 23.9 Å². The molecule has 1 heterocycles. The molecule has 2 rings (SSSR count). The molecule has 0 spiro atoms. The Morgan fingerprint density at radius 1 is 1.53 bits per heavy atom. The van der Waals surface area contributed by atoms with Gasteiger partial charge in [0.1, 0.15) is 6.26 Å². The second-order valence-corrected chi connectivity index (χ2v) is 4.48. The maximum atomic E-state index is 10.8. The van der Waals surface area contributed by atoms with E-state index < -0.39 is 5.97 Å². The summed E-state index contributed by atoms with van der Waals surface area (Å²) in [5, 5.41) is 9.46. The SMILES string of the molecule is Cc1coc(SCc2cccc(C(=O)O)c2)n1. The van der Waals surface area contributed by atoms with E-state index in [9.17, 15) is 4.79 Å². The lowest BCUT2D eigenvalue weighted by Gasteiger charge is -2.00. The number of aromatic carboxylic acids is 1. The summed E-state index contributed by atoms with van der Waals surface area (Å²) >= 11 is 1.44. The molecule has 0 saturated carbocycles. The number of hydrogen-bond donors (Lipinski definition) is 1. The Bertz CT molecular complexity index is 536. The van der Waals surface area contributed by atoms with Crippen LogP contribution in [0.3, 0.4) is 0 Å². The van der Waals surface area contributed by atoms with Crippen molar-refractivity contribution in [3.8, 4) is 0 Å². The van der Waals surface area contributed by atoms with Gasteiger partial charge in [-0.2, -0.15) is 0 Å². The summed E-state index contributed by atoms with van der Waals surface area (Å²) in [6.45, 7) is 1.86. The van der Waals surface area contributed by atoms with Gasteiger partial charge in [-0.25, -0.2) is 9.78 Å². The smallest absolute Gasteiger partial charge is 0.335 e. The maximum Gasteiger partial charge on any atom is 0.335 e. The zero-order valence-electron chi connectivity index (χ0n) is 9.21. The fraction of sp³-hybridized carbons (Fsp3) is 0.167. The van der Waals surface area contributed by atoms with E-state index in [0.29, 0.717) is 16.5 Å². The standard InChI is InChI=1S/C12H11NO3S/c1-8-6-16-12(13-8)17-7-9-3-2-4-10(5-9)11(14)15/h2-6H,7H2,1H3,(H,14,15). The number of aromatic nitrogens is 1. The highest BCUT2D eigenvalue weighted by Gasteiger charge is 2.05. The maximum absolute atomic E-state index is 10.8. The summed E-state index contributed by atoms with van der Waals surface area (Å²) in [5.74, 6) is -0.273. The van der Waals surface area contributed by atoms with Crippen LogP contribution in [0.1, 0.15) is 21.6 Å². The van der Waals surface area contributed by atoms with Crippen molar-refractivity contribution in [2.45, 2.75) is 17.9 Å². The van der Waals surface area contributed by atoms with Crippen LogP contribution in [0.2, 0.25) is 0 Å². The van der Waals surface area contributed by atoms with Crippen molar-refractivity contribution < 1.29 is 14.3 Å². The number of hydrogen-bond acceptors (Lipinski definition) is 4. The minimum Gasteiger partial charge on any atom is -0.478 e. The molecule has 0 fully saturated rings. The second-order valence-electron chi connectivity index (χ2n) is 3.55. The zero-order valence-corrected chi connectivity index (χ0v) is 10.0. The van der Waals surface area contributed by atoms with E-state index in [1.165, 1.54) is 11.8 Å². The van der Waals surface area contributed by atoms with E-state index in [-0.39, 0.29) is 0 Å². The first-order valence-corrected chi connectivity index (χ1v) is 6.01. The molecular weight excluding hydrogens is 238 g/mol. The number of benzene rings is 1. The number of nitrogens with zero attached hydrogens (tertiary/aromatic N) is 1. The molecule has 0 unspecified atom stereocenters. The van der Waals surface area contributed by atoms with Crippen LogP contribution in [0.15, 0.2) is 40.2 Å². The third-order valence-corrected chi connectivity index (χ3v) is 3.05. The van der Waals surface area contributed by atoms with Crippen LogP contribution >= 0.6 is 11.8 Å². The van der Waals surface area contributed by atoms with E-state index in [1.54, 1.807) is 24.5 Å². The summed E-state index contributed by atoms with van der Waals surface area (Å²) in [6, 6.07) is 6.85. The number of rotatable bonds is 4. The third-order valence-electron chi connectivity index (χ3n) is 2.13. The number of carbonyl (C=O) groups is 1. The van der Waals surface area contributed by atoms with Crippen molar-refractivity contribution >= 4 is 17.7 Å². The average Bonchev–Trinajstić information content (AvgIpc) is 2.73. The van der Waals surface area contributed by atoms with E-state index in [2.05, 4.69) is 4.98 Å². The number of oxazole rings is 1. The lowest BCUT2D eigenvalue weighted by Crippen LogP contribution is -1.96. The molecule has 2 aromatic rings. The Balaban J connectivity index is 2.04. The van der Waals surface area contributed by atoms with Crippen molar-refractivity contribution in [3.63, 3.8) is 0 Å². The zero-order chi connectivity index (χ0) is 12.3. The molecule has 4 nitrogen and oxygen atoms in total. The Morgan fingerprint density at radius 3 is 3.00 bits per heavy atom. The Labute approximate surface area is 103 Å². The predicted octanol–water partition coefficient (Wildman–Crippen LogP) is 2.97. The Kier molecular flexibility index (Phi) is 3.49. The van der Waals surface area contributed by atoms with Crippen LogP contribution in [-0.2, 0) is 5.75 Å². The normalized spacial score (nSPS) is 10.4. The molecule has 0 amide bonds. The van der Waals surface area contributed by atoms with Crippen LogP contribution in [0.5, 0.6) is 0 Å². The molecule has 1 aromatic heterocycles. The summed E-state index contributed by atoms with van der Waals surface area (Å²) in [5.41, 5.74) is 2.07. The summed E-state index contributed by atoms with van der Waals surface area (Å²) < 4.78 is 5.20. The molecule has 0 aliphatic heterocycles. The second kappa shape index (κ2) is 5.05. The van der Waals surface area contributed by atoms with E-state index in [0.717, 1.165) is 11.3 Å². The molecule has 1 aromatic carbocycles. The first-order chi connectivity index (χ1) is 8.15. The van der Waals surface area contributed by atoms with Crippen molar-refractivity contribution in [2.75, 3.05) is 0 Å². The van der Waals surface area contributed by atoms with Gasteiger partial charge in [0.25, 0.3) is 5.22 Å². The molecule has 17 heavy (non-hydrogen) atoms. The van der Waals surface area contributed by atoms with Gasteiger partial charge in [-0.05, 0) is 24.6 Å². The van der Waals surface area contributed by atoms with Gasteiger partial charge in [0.05, 0.1) is 11.3 Å². The van der Waals surface area contributed by atoms with Crippen molar-refractivity contribution in [1.29, 1.82) is 0 Å².